The highest BCUT2D eigenvalue weighted by Crippen LogP contribution is 2.35. The Morgan fingerprint density at radius 3 is 1.93 bits per heavy atom. The fourth-order valence-corrected chi connectivity index (χ4v) is 3.35. The molecule has 0 aromatic rings. The average Bonchev–Trinajstić information content (AvgIpc) is 2.00. The maximum Gasteiger partial charge on any atom is 0.211 e. The molecule has 0 bridgehead atoms. The van der Waals surface area contributed by atoms with Crippen LogP contribution in [0.2, 0.25) is 0 Å². The number of hydrogen-bond donors (Lipinski definition) is 1. The molecule has 5 heteroatoms. The number of rotatable bonds is 6. The second-order valence-electron chi connectivity index (χ2n) is 5.60. The van der Waals surface area contributed by atoms with Crippen molar-refractivity contribution < 1.29 is 8.42 Å². The molecule has 0 saturated heterocycles. The van der Waals surface area contributed by atoms with Crippen molar-refractivity contribution in [3.63, 3.8) is 0 Å². The Balaban J connectivity index is 4.58. The molecule has 0 aromatic carbocycles. The van der Waals surface area contributed by atoms with E-state index in [0.717, 1.165) is 6.42 Å². The number of alkyl halides is 1. The first-order chi connectivity index (χ1) is 6.54. The zero-order valence-electron chi connectivity index (χ0n) is 10.2. The lowest BCUT2D eigenvalue weighted by Gasteiger charge is -2.33. The van der Waals surface area contributed by atoms with E-state index in [1.54, 1.807) is 0 Å². The molecule has 0 amide bonds. The molecular weight excluding hydrogens is 234 g/mol. The third kappa shape index (κ3) is 6.38. The van der Waals surface area contributed by atoms with E-state index in [-0.39, 0.29) is 16.6 Å². The Morgan fingerprint density at radius 1 is 1.13 bits per heavy atom. The molecule has 0 fully saturated rings. The first-order valence-corrected chi connectivity index (χ1v) is 7.19. The molecule has 92 valence electrons. The summed E-state index contributed by atoms with van der Waals surface area (Å²) in [5, 5.41) is 0. The van der Waals surface area contributed by atoms with E-state index in [2.05, 4.69) is 4.72 Å². The van der Waals surface area contributed by atoms with Gasteiger partial charge in [-0.2, -0.15) is 0 Å². The van der Waals surface area contributed by atoms with Crippen molar-refractivity contribution in [2.24, 2.45) is 10.8 Å². The highest BCUT2D eigenvalue weighted by atomic mass is 35.5. The van der Waals surface area contributed by atoms with Crippen LogP contribution in [0.25, 0.3) is 0 Å². The number of hydrogen-bond acceptors (Lipinski definition) is 2. The lowest BCUT2D eigenvalue weighted by molar-refractivity contribution is 0.239. The van der Waals surface area contributed by atoms with Crippen LogP contribution in [0.1, 0.15) is 34.1 Å². The molecule has 3 nitrogen and oxygen atoms in total. The maximum absolute atomic E-state index is 11.4. The van der Waals surface area contributed by atoms with Gasteiger partial charge in [0.2, 0.25) is 10.0 Å². The number of sulfonamides is 1. The summed E-state index contributed by atoms with van der Waals surface area (Å²) in [6.45, 7) is 8.01. The fourth-order valence-electron chi connectivity index (χ4n) is 1.98. The Bertz CT molecular complexity index is 297. The molecule has 0 unspecified atom stereocenters. The van der Waals surface area contributed by atoms with Gasteiger partial charge in [-0.05, 0) is 24.3 Å². The van der Waals surface area contributed by atoms with Gasteiger partial charge in [0, 0.05) is 5.88 Å². The van der Waals surface area contributed by atoms with Crippen molar-refractivity contribution in [3.8, 4) is 0 Å². The second-order valence-corrected chi connectivity index (χ2v) is 7.80. The van der Waals surface area contributed by atoms with E-state index < -0.39 is 10.0 Å². The van der Waals surface area contributed by atoms with Gasteiger partial charge in [0.25, 0.3) is 0 Å². The minimum Gasteiger partial charge on any atom is -0.218 e. The molecule has 0 aliphatic rings. The van der Waals surface area contributed by atoms with Gasteiger partial charge >= 0.3 is 0 Å². The van der Waals surface area contributed by atoms with Gasteiger partial charge in [0.1, 0.15) is 0 Å². The molecular formula is C10H22ClNO2S. The van der Waals surface area contributed by atoms with E-state index >= 15 is 0 Å². The van der Waals surface area contributed by atoms with E-state index in [9.17, 15) is 8.42 Å². The average molecular weight is 256 g/mol. The zero-order chi connectivity index (χ0) is 12.3. The standard InChI is InChI=1S/C10H22ClNO2S/c1-9(2,7-11)6-10(3,4)8-15(13,14)12-5/h12H,6-8H2,1-5H3. The summed E-state index contributed by atoms with van der Waals surface area (Å²) in [6.07, 6.45) is 0.782. The van der Waals surface area contributed by atoms with Crippen LogP contribution in [0.15, 0.2) is 0 Å². The van der Waals surface area contributed by atoms with Crippen molar-refractivity contribution in [2.75, 3.05) is 18.7 Å². The maximum atomic E-state index is 11.4. The highest BCUT2D eigenvalue weighted by molar-refractivity contribution is 7.89. The molecule has 0 aliphatic carbocycles. The first kappa shape index (κ1) is 15.2. The molecule has 0 rings (SSSR count). The quantitative estimate of drug-likeness (QED) is 0.740. The van der Waals surface area contributed by atoms with Crippen molar-refractivity contribution in [1.29, 1.82) is 0 Å². The van der Waals surface area contributed by atoms with Crippen LogP contribution >= 0.6 is 11.6 Å². The van der Waals surface area contributed by atoms with E-state index in [1.165, 1.54) is 7.05 Å². The van der Waals surface area contributed by atoms with E-state index in [1.807, 2.05) is 27.7 Å². The number of nitrogens with one attached hydrogen (secondary N) is 1. The van der Waals surface area contributed by atoms with Crippen LogP contribution in [0, 0.1) is 10.8 Å². The molecule has 1 N–H and O–H groups in total. The fraction of sp³-hybridized carbons (Fsp3) is 1.00. The van der Waals surface area contributed by atoms with Crippen LogP contribution in [0.4, 0.5) is 0 Å². The highest BCUT2D eigenvalue weighted by Gasteiger charge is 2.31. The molecule has 15 heavy (non-hydrogen) atoms. The van der Waals surface area contributed by atoms with Crippen molar-refractivity contribution >= 4 is 21.6 Å². The topological polar surface area (TPSA) is 46.2 Å². The Kier molecular flexibility index (Phi) is 5.09. The normalized spacial score (nSPS) is 14.3. The van der Waals surface area contributed by atoms with Gasteiger partial charge in [-0.3, -0.25) is 0 Å². The minimum atomic E-state index is -3.15. The Morgan fingerprint density at radius 2 is 1.60 bits per heavy atom. The minimum absolute atomic E-state index is 0.0334. The van der Waals surface area contributed by atoms with Crippen molar-refractivity contribution in [1.82, 2.24) is 4.72 Å². The largest absolute Gasteiger partial charge is 0.218 e. The Labute approximate surface area is 98.6 Å². The lowest BCUT2D eigenvalue weighted by Crippen LogP contribution is -2.35. The molecule has 0 atom stereocenters. The monoisotopic (exact) mass is 255 g/mol. The predicted molar refractivity (Wildman–Crippen MR) is 65.7 cm³/mol. The lowest BCUT2D eigenvalue weighted by atomic mass is 9.77. The molecule has 0 heterocycles. The molecule has 0 aliphatic heterocycles. The second kappa shape index (κ2) is 5.02. The zero-order valence-corrected chi connectivity index (χ0v) is 11.8. The van der Waals surface area contributed by atoms with Crippen LogP contribution < -0.4 is 4.72 Å². The molecule has 0 aromatic heterocycles. The molecule has 0 radical (unpaired) electrons. The van der Waals surface area contributed by atoms with Gasteiger partial charge in [-0.15, -0.1) is 11.6 Å². The Hall–Kier alpha value is 0.200. The van der Waals surface area contributed by atoms with Crippen LogP contribution in [0.3, 0.4) is 0 Å². The summed E-state index contributed by atoms with van der Waals surface area (Å²) >= 11 is 5.84. The first-order valence-electron chi connectivity index (χ1n) is 5.01. The molecule has 0 spiro atoms. The van der Waals surface area contributed by atoms with Crippen molar-refractivity contribution in [3.05, 3.63) is 0 Å². The van der Waals surface area contributed by atoms with Crippen LogP contribution in [-0.2, 0) is 10.0 Å². The SMILES string of the molecule is CNS(=O)(=O)CC(C)(C)CC(C)(C)CCl. The number of halogens is 1. The van der Waals surface area contributed by atoms with Crippen molar-refractivity contribution in [2.45, 2.75) is 34.1 Å². The van der Waals surface area contributed by atoms with Gasteiger partial charge < -0.3 is 0 Å². The summed E-state index contributed by atoms with van der Waals surface area (Å²) in [7, 11) is -1.71. The molecule has 0 saturated carbocycles. The van der Waals surface area contributed by atoms with E-state index in [4.69, 9.17) is 11.6 Å². The summed E-state index contributed by atoms with van der Waals surface area (Å²) in [5.74, 6) is 0.673. The summed E-state index contributed by atoms with van der Waals surface area (Å²) in [5.41, 5.74) is -0.297. The summed E-state index contributed by atoms with van der Waals surface area (Å²) in [6, 6.07) is 0. The summed E-state index contributed by atoms with van der Waals surface area (Å²) < 4.78 is 25.2. The van der Waals surface area contributed by atoms with Gasteiger partial charge in [0.05, 0.1) is 5.75 Å². The third-order valence-corrected chi connectivity index (χ3v) is 4.72. The van der Waals surface area contributed by atoms with Crippen LogP contribution in [-0.4, -0.2) is 27.1 Å². The van der Waals surface area contributed by atoms with Gasteiger partial charge in [0.15, 0.2) is 0 Å². The summed E-state index contributed by atoms with van der Waals surface area (Å²) in [4.78, 5) is 0. The van der Waals surface area contributed by atoms with Gasteiger partial charge in [-0.25, -0.2) is 13.1 Å². The van der Waals surface area contributed by atoms with E-state index in [0.29, 0.717) is 5.88 Å². The predicted octanol–water partition coefficient (Wildman–Crippen LogP) is 2.22. The van der Waals surface area contributed by atoms with Gasteiger partial charge in [-0.1, -0.05) is 27.7 Å². The third-order valence-electron chi connectivity index (χ3n) is 2.21. The van der Waals surface area contributed by atoms with Crippen LogP contribution in [0.5, 0.6) is 0 Å². The smallest absolute Gasteiger partial charge is 0.211 e.